The number of ether oxygens (including phenoxy) is 1. The molecule has 5 aromatic rings. The first-order valence-electron chi connectivity index (χ1n) is 15.6. The number of aromatic nitrogens is 5. The lowest BCUT2D eigenvalue weighted by atomic mass is 9.93. The van der Waals surface area contributed by atoms with E-state index in [2.05, 4.69) is 44.3 Å². The third kappa shape index (κ3) is 5.97. The van der Waals surface area contributed by atoms with E-state index >= 15 is 0 Å². The average Bonchev–Trinajstić information content (AvgIpc) is 3.54. The number of rotatable bonds is 6. The van der Waals surface area contributed by atoms with Crippen molar-refractivity contribution < 1.29 is 14.3 Å². The maximum Gasteiger partial charge on any atom is 0.272 e. The summed E-state index contributed by atoms with van der Waals surface area (Å²) in [6.45, 7) is 6.41. The van der Waals surface area contributed by atoms with Crippen molar-refractivity contribution in [2.75, 3.05) is 41.8 Å². The van der Waals surface area contributed by atoms with Crippen LogP contribution in [0, 0.1) is 0 Å². The highest BCUT2D eigenvalue weighted by molar-refractivity contribution is 6.32. The lowest BCUT2D eigenvalue weighted by Gasteiger charge is -2.34. The van der Waals surface area contributed by atoms with Gasteiger partial charge in [-0.25, -0.2) is 19.5 Å². The summed E-state index contributed by atoms with van der Waals surface area (Å²) in [7, 11) is 0. The van der Waals surface area contributed by atoms with Gasteiger partial charge in [-0.05, 0) is 54.2 Å². The molecule has 3 N–H and O–H groups in total. The van der Waals surface area contributed by atoms with Crippen molar-refractivity contribution in [2.24, 2.45) is 0 Å². The molecule has 0 saturated carbocycles. The lowest BCUT2D eigenvalue weighted by Crippen LogP contribution is -2.40. The molecule has 47 heavy (non-hydrogen) atoms. The smallest absolute Gasteiger partial charge is 0.272 e. The summed E-state index contributed by atoms with van der Waals surface area (Å²) >= 11 is 6.81. The minimum absolute atomic E-state index is 0.0663. The molecule has 5 heterocycles. The summed E-state index contributed by atoms with van der Waals surface area (Å²) in [5.41, 5.74) is 12.8. The van der Waals surface area contributed by atoms with Gasteiger partial charge in [0.15, 0.2) is 16.7 Å². The highest BCUT2D eigenvalue weighted by Crippen LogP contribution is 2.35. The van der Waals surface area contributed by atoms with E-state index in [1.54, 1.807) is 25.4 Å². The summed E-state index contributed by atoms with van der Waals surface area (Å²) in [6.07, 6.45) is 4.99. The van der Waals surface area contributed by atoms with Crippen molar-refractivity contribution in [2.45, 2.75) is 39.3 Å². The Kier molecular flexibility index (Phi) is 8.21. The Morgan fingerprint density at radius 1 is 1.02 bits per heavy atom. The Morgan fingerprint density at radius 2 is 1.74 bits per heavy atom. The van der Waals surface area contributed by atoms with Crippen molar-refractivity contribution in [1.82, 2.24) is 29.9 Å². The van der Waals surface area contributed by atoms with Gasteiger partial charge in [0.25, 0.3) is 5.91 Å². The van der Waals surface area contributed by atoms with Crippen LogP contribution in [0.3, 0.4) is 0 Å². The third-order valence-electron chi connectivity index (χ3n) is 8.72. The predicted molar refractivity (Wildman–Crippen MR) is 180 cm³/mol. The molecule has 2 aliphatic heterocycles. The lowest BCUT2D eigenvalue weighted by molar-refractivity contribution is -0.117. The van der Waals surface area contributed by atoms with Crippen molar-refractivity contribution in [3.63, 3.8) is 0 Å². The quantitative estimate of drug-likeness (QED) is 0.270. The van der Waals surface area contributed by atoms with Gasteiger partial charge in [0.1, 0.15) is 11.2 Å². The van der Waals surface area contributed by atoms with E-state index in [0.29, 0.717) is 55.4 Å². The Labute approximate surface area is 276 Å². The van der Waals surface area contributed by atoms with E-state index in [1.165, 1.54) is 10.1 Å². The van der Waals surface area contributed by atoms with Crippen LogP contribution in [0.4, 0.5) is 17.5 Å². The number of amides is 2. The highest BCUT2D eigenvalue weighted by Gasteiger charge is 2.27. The van der Waals surface area contributed by atoms with Crippen LogP contribution in [-0.2, 0) is 22.5 Å². The van der Waals surface area contributed by atoms with Gasteiger partial charge < -0.3 is 25.6 Å². The summed E-state index contributed by atoms with van der Waals surface area (Å²) < 4.78 is 7.07. The molecule has 0 spiro atoms. The van der Waals surface area contributed by atoms with E-state index in [9.17, 15) is 9.59 Å². The van der Waals surface area contributed by atoms with E-state index in [1.807, 2.05) is 35.2 Å². The van der Waals surface area contributed by atoms with Gasteiger partial charge in [-0.15, -0.1) is 0 Å². The van der Waals surface area contributed by atoms with Crippen LogP contribution in [-0.4, -0.2) is 68.7 Å². The molecule has 1 fully saturated rings. The number of morpholine rings is 1. The maximum atomic E-state index is 13.4. The summed E-state index contributed by atoms with van der Waals surface area (Å²) in [6, 6.07) is 16.3. The molecule has 0 aliphatic carbocycles. The number of nitrogens with zero attached hydrogens (tertiary/aromatic N) is 7. The largest absolute Gasteiger partial charge is 0.378 e. The van der Waals surface area contributed by atoms with Crippen LogP contribution in [0.2, 0.25) is 5.15 Å². The standard InChI is InChI=1S/C34H34ClN9O3/c1-20-3-6-25-15-24(9-10-28(25)43(20)21(2)45)23-7-4-22(5-8-23)17-37-33(46)27-16-29-32(42-11-13-47-14-12-42)40-30(31(35)44(29)41-27)26-18-38-34(36)39-19-26/h4-5,7-10,15-16,18-20H,3,6,11-14,17H2,1-2H3,(H,37,46)(H2,36,38,39)/t20-/m0/s1. The second-order valence-electron chi connectivity index (χ2n) is 11.8. The van der Waals surface area contributed by atoms with Crippen molar-refractivity contribution in [3.8, 4) is 22.4 Å². The summed E-state index contributed by atoms with van der Waals surface area (Å²) in [5.74, 6) is 0.509. The van der Waals surface area contributed by atoms with Gasteiger partial charge in [-0.2, -0.15) is 5.10 Å². The third-order valence-corrected chi connectivity index (χ3v) is 9.06. The molecule has 1 saturated heterocycles. The minimum atomic E-state index is -0.335. The molecule has 0 unspecified atom stereocenters. The van der Waals surface area contributed by atoms with Gasteiger partial charge >= 0.3 is 0 Å². The van der Waals surface area contributed by atoms with E-state index < -0.39 is 0 Å². The van der Waals surface area contributed by atoms with E-state index in [0.717, 1.165) is 35.2 Å². The Balaban J connectivity index is 1.10. The molecule has 7 rings (SSSR count). The molecule has 1 atom stereocenters. The van der Waals surface area contributed by atoms with Gasteiger partial charge in [0.2, 0.25) is 11.9 Å². The van der Waals surface area contributed by atoms with Crippen molar-refractivity contribution in [3.05, 3.63) is 82.9 Å². The van der Waals surface area contributed by atoms with Crippen LogP contribution >= 0.6 is 11.6 Å². The number of carbonyl (C=O) groups excluding carboxylic acids is 2. The molecular formula is C34H34ClN9O3. The zero-order valence-corrected chi connectivity index (χ0v) is 26.9. The number of carbonyl (C=O) groups is 2. The molecule has 0 bridgehead atoms. The number of nitrogen functional groups attached to an aromatic ring is 1. The minimum Gasteiger partial charge on any atom is -0.378 e. The van der Waals surface area contributed by atoms with Crippen LogP contribution in [0.25, 0.3) is 27.9 Å². The van der Waals surface area contributed by atoms with E-state index in [-0.39, 0.29) is 34.7 Å². The average molecular weight is 652 g/mol. The van der Waals surface area contributed by atoms with Gasteiger partial charge in [0, 0.05) is 62.3 Å². The number of halogens is 1. The highest BCUT2D eigenvalue weighted by atomic mass is 35.5. The van der Waals surface area contributed by atoms with Gasteiger partial charge in [-0.1, -0.05) is 41.9 Å². The van der Waals surface area contributed by atoms with Crippen molar-refractivity contribution >= 4 is 46.4 Å². The monoisotopic (exact) mass is 651 g/mol. The number of hydrogen-bond donors (Lipinski definition) is 2. The SMILES string of the molecule is CC(=O)N1c2ccc(-c3ccc(CNC(=O)c4cc5c(N6CCOCC6)nc(-c6cnc(N)nc6)c(Cl)n5n4)cc3)cc2CC[C@@H]1C. The molecule has 2 aliphatic rings. The maximum absolute atomic E-state index is 13.4. The Morgan fingerprint density at radius 3 is 2.47 bits per heavy atom. The Bertz CT molecular complexity index is 1970. The zero-order chi connectivity index (χ0) is 32.7. The van der Waals surface area contributed by atoms with Crippen LogP contribution in [0.1, 0.15) is 41.9 Å². The first kappa shape index (κ1) is 30.6. The molecule has 13 heteroatoms. The summed E-state index contributed by atoms with van der Waals surface area (Å²) in [5, 5.41) is 7.79. The molecular weight excluding hydrogens is 618 g/mol. The normalized spacial score (nSPS) is 16.3. The fraction of sp³-hybridized carbons (Fsp3) is 0.294. The number of fused-ring (bicyclic) bond motifs is 2. The molecule has 240 valence electrons. The topological polar surface area (TPSA) is 144 Å². The molecule has 12 nitrogen and oxygen atoms in total. The zero-order valence-electron chi connectivity index (χ0n) is 26.1. The van der Waals surface area contributed by atoms with Gasteiger partial charge in [0.05, 0.1) is 13.2 Å². The van der Waals surface area contributed by atoms with Crippen LogP contribution < -0.4 is 20.9 Å². The molecule has 2 aromatic carbocycles. The van der Waals surface area contributed by atoms with Crippen molar-refractivity contribution in [1.29, 1.82) is 0 Å². The second-order valence-corrected chi connectivity index (χ2v) is 12.2. The number of nitrogens with one attached hydrogen (secondary N) is 1. The second kappa shape index (κ2) is 12.6. The van der Waals surface area contributed by atoms with Gasteiger partial charge in [-0.3, -0.25) is 9.59 Å². The van der Waals surface area contributed by atoms with Crippen LogP contribution in [0.15, 0.2) is 60.9 Å². The fourth-order valence-corrected chi connectivity index (χ4v) is 6.54. The number of anilines is 3. The number of nitrogens with two attached hydrogens (primary N) is 1. The Hall–Kier alpha value is -5.07. The number of hydrogen-bond acceptors (Lipinski definition) is 9. The first-order chi connectivity index (χ1) is 22.8. The van der Waals surface area contributed by atoms with E-state index in [4.69, 9.17) is 27.1 Å². The predicted octanol–water partition coefficient (Wildman–Crippen LogP) is 4.54. The number of benzene rings is 2. The summed E-state index contributed by atoms with van der Waals surface area (Å²) in [4.78, 5) is 42.6. The number of aryl methyl sites for hydroxylation is 1. The molecule has 2 amide bonds. The first-order valence-corrected chi connectivity index (χ1v) is 15.9. The molecule has 3 aromatic heterocycles. The fourth-order valence-electron chi connectivity index (χ4n) is 6.26. The van der Waals surface area contributed by atoms with Crippen LogP contribution in [0.5, 0.6) is 0 Å². The molecule has 0 radical (unpaired) electrons.